The smallest absolute Gasteiger partial charge is 0.00187 e. The van der Waals surface area contributed by atoms with E-state index >= 15 is 0 Å². The van der Waals surface area contributed by atoms with E-state index in [4.69, 9.17) is 0 Å². The Kier molecular flexibility index (Phi) is 12.2. The molecule has 0 heterocycles. The van der Waals surface area contributed by atoms with Crippen LogP contribution < -0.4 is 0 Å². The number of hydrogen-bond donors (Lipinski definition) is 0. The number of hydrogen-bond acceptors (Lipinski definition) is 1. The van der Waals surface area contributed by atoms with E-state index in [1.165, 1.54) is 50.7 Å². The average molecular weight is 228 g/mol. The third kappa shape index (κ3) is 12.0. The van der Waals surface area contributed by atoms with Crippen LogP contribution in [-0.2, 0) is 0 Å². The highest BCUT2D eigenvalue weighted by Gasteiger charge is 2.00. The highest BCUT2D eigenvalue weighted by molar-refractivity contribution is 7.99. The van der Waals surface area contributed by atoms with Crippen LogP contribution in [0.1, 0.15) is 65.7 Å². The first-order valence-electron chi connectivity index (χ1n) is 6.54. The Morgan fingerprint density at radius 3 is 2.53 bits per heavy atom. The summed E-state index contributed by atoms with van der Waals surface area (Å²) in [4.78, 5) is 0. The molecule has 0 fully saturated rings. The van der Waals surface area contributed by atoms with Crippen molar-refractivity contribution in [3.63, 3.8) is 0 Å². The van der Waals surface area contributed by atoms with Gasteiger partial charge >= 0.3 is 0 Å². The standard InChI is InChI=1S/C14H28S/c1-4-6-7-8-9-10-11-12-14(3)15-13-5-2/h4,6,14H,5,7-13H2,1-3H3. The van der Waals surface area contributed by atoms with Crippen molar-refractivity contribution < 1.29 is 0 Å². The molecule has 90 valence electrons. The molecule has 0 saturated heterocycles. The van der Waals surface area contributed by atoms with Crippen LogP contribution >= 0.6 is 11.8 Å². The fourth-order valence-corrected chi connectivity index (χ4v) is 2.59. The Labute approximate surface area is 101 Å². The minimum absolute atomic E-state index is 0.875. The maximum Gasteiger partial charge on any atom is 0.00187 e. The Morgan fingerprint density at radius 2 is 1.87 bits per heavy atom. The van der Waals surface area contributed by atoms with Crippen LogP contribution in [0.2, 0.25) is 0 Å². The predicted molar refractivity (Wildman–Crippen MR) is 74.7 cm³/mol. The molecule has 0 rings (SSSR count). The molecular weight excluding hydrogens is 200 g/mol. The summed E-state index contributed by atoms with van der Waals surface area (Å²) in [6.07, 6.45) is 14.1. The summed E-state index contributed by atoms with van der Waals surface area (Å²) in [6, 6.07) is 0. The van der Waals surface area contributed by atoms with E-state index in [2.05, 4.69) is 44.7 Å². The first-order chi connectivity index (χ1) is 7.31. The van der Waals surface area contributed by atoms with E-state index in [0.717, 1.165) is 5.25 Å². The molecule has 0 aromatic heterocycles. The van der Waals surface area contributed by atoms with Crippen molar-refractivity contribution in [1.82, 2.24) is 0 Å². The van der Waals surface area contributed by atoms with Crippen LogP contribution in [-0.4, -0.2) is 11.0 Å². The molecule has 1 heteroatoms. The highest BCUT2D eigenvalue weighted by atomic mass is 32.2. The fourth-order valence-electron chi connectivity index (χ4n) is 1.62. The molecule has 0 aromatic carbocycles. The third-order valence-electron chi connectivity index (χ3n) is 2.57. The van der Waals surface area contributed by atoms with Crippen LogP contribution in [0.4, 0.5) is 0 Å². The van der Waals surface area contributed by atoms with E-state index in [1.54, 1.807) is 0 Å². The van der Waals surface area contributed by atoms with Gasteiger partial charge in [-0.2, -0.15) is 11.8 Å². The maximum atomic E-state index is 2.38. The van der Waals surface area contributed by atoms with Crippen molar-refractivity contribution in [1.29, 1.82) is 0 Å². The molecule has 0 aliphatic carbocycles. The molecule has 0 spiro atoms. The van der Waals surface area contributed by atoms with E-state index in [9.17, 15) is 0 Å². The van der Waals surface area contributed by atoms with Gasteiger partial charge in [0.05, 0.1) is 0 Å². The first-order valence-corrected chi connectivity index (χ1v) is 7.58. The van der Waals surface area contributed by atoms with Crippen LogP contribution in [0.15, 0.2) is 12.2 Å². The predicted octanol–water partition coefficient (Wildman–Crippen LogP) is 5.43. The highest BCUT2D eigenvalue weighted by Crippen LogP contribution is 2.18. The topological polar surface area (TPSA) is 0 Å². The van der Waals surface area contributed by atoms with Crippen molar-refractivity contribution >= 4 is 11.8 Å². The Balaban J connectivity index is 3.09. The van der Waals surface area contributed by atoms with Gasteiger partial charge in [-0.25, -0.2) is 0 Å². The quantitative estimate of drug-likeness (QED) is 0.354. The normalized spacial score (nSPS) is 13.5. The lowest BCUT2D eigenvalue weighted by Crippen LogP contribution is -1.97. The van der Waals surface area contributed by atoms with Crippen LogP contribution in [0.25, 0.3) is 0 Å². The van der Waals surface area contributed by atoms with Crippen molar-refractivity contribution in [3.8, 4) is 0 Å². The van der Waals surface area contributed by atoms with Crippen molar-refractivity contribution in [2.75, 3.05) is 5.75 Å². The second kappa shape index (κ2) is 12.2. The zero-order valence-electron chi connectivity index (χ0n) is 10.8. The van der Waals surface area contributed by atoms with Crippen LogP contribution in [0, 0.1) is 0 Å². The number of rotatable bonds is 10. The lowest BCUT2D eigenvalue weighted by molar-refractivity contribution is 0.616. The number of unbranched alkanes of at least 4 members (excludes halogenated alkanes) is 4. The van der Waals surface area contributed by atoms with E-state index in [0.29, 0.717) is 0 Å². The van der Waals surface area contributed by atoms with E-state index in [1.807, 2.05) is 0 Å². The van der Waals surface area contributed by atoms with Gasteiger partial charge in [0.1, 0.15) is 0 Å². The molecule has 0 saturated carbocycles. The second-order valence-electron chi connectivity index (χ2n) is 4.24. The van der Waals surface area contributed by atoms with Gasteiger partial charge in [0, 0.05) is 5.25 Å². The molecular formula is C14H28S. The summed E-state index contributed by atoms with van der Waals surface area (Å²) in [6.45, 7) is 6.74. The largest absolute Gasteiger partial charge is 0.159 e. The second-order valence-corrected chi connectivity index (χ2v) is 5.79. The van der Waals surface area contributed by atoms with Crippen molar-refractivity contribution in [3.05, 3.63) is 12.2 Å². The third-order valence-corrected chi connectivity index (χ3v) is 4.02. The lowest BCUT2D eigenvalue weighted by atomic mass is 10.1. The first kappa shape index (κ1) is 15.1. The van der Waals surface area contributed by atoms with Gasteiger partial charge in [-0.3, -0.25) is 0 Å². The summed E-state index contributed by atoms with van der Waals surface area (Å²) in [5, 5.41) is 0.875. The fraction of sp³-hybridized carbons (Fsp3) is 0.857. The average Bonchev–Trinajstić information content (AvgIpc) is 2.25. The Hall–Kier alpha value is 0.0900. The molecule has 0 bridgehead atoms. The van der Waals surface area contributed by atoms with Crippen molar-refractivity contribution in [2.24, 2.45) is 0 Å². The molecule has 0 nitrogen and oxygen atoms in total. The summed E-state index contributed by atoms with van der Waals surface area (Å²) < 4.78 is 0. The molecule has 1 atom stereocenters. The van der Waals surface area contributed by atoms with Crippen LogP contribution in [0.3, 0.4) is 0 Å². The molecule has 0 radical (unpaired) electrons. The van der Waals surface area contributed by atoms with Gasteiger partial charge in [-0.05, 0) is 38.4 Å². The minimum Gasteiger partial charge on any atom is -0.159 e. The summed E-state index contributed by atoms with van der Waals surface area (Å²) in [5.74, 6) is 1.34. The molecule has 0 aromatic rings. The lowest BCUT2D eigenvalue weighted by Gasteiger charge is -2.09. The molecule has 0 aliphatic rings. The Bertz CT molecular complexity index is 140. The van der Waals surface area contributed by atoms with Gasteiger partial charge in [-0.1, -0.05) is 45.3 Å². The zero-order valence-corrected chi connectivity index (χ0v) is 11.6. The summed E-state index contributed by atoms with van der Waals surface area (Å²) in [5.41, 5.74) is 0. The molecule has 0 N–H and O–H groups in total. The van der Waals surface area contributed by atoms with E-state index < -0.39 is 0 Å². The van der Waals surface area contributed by atoms with Gasteiger partial charge in [0.2, 0.25) is 0 Å². The molecule has 0 amide bonds. The summed E-state index contributed by atoms with van der Waals surface area (Å²) >= 11 is 2.14. The maximum absolute atomic E-state index is 2.38. The zero-order chi connectivity index (χ0) is 11.4. The van der Waals surface area contributed by atoms with E-state index in [-0.39, 0.29) is 0 Å². The van der Waals surface area contributed by atoms with Gasteiger partial charge < -0.3 is 0 Å². The monoisotopic (exact) mass is 228 g/mol. The molecule has 1 unspecified atom stereocenters. The minimum atomic E-state index is 0.875. The molecule has 15 heavy (non-hydrogen) atoms. The molecule has 0 aliphatic heterocycles. The summed E-state index contributed by atoms with van der Waals surface area (Å²) in [7, 11) is 0. The Morgan fingerprint density at radius 1 is 1.13 bits per heavy atom. The van der Waals surface area contributed by atoms with Crippen LogP contribution in [0.5, 0.6) is 0 Å². The number of thioether (sulfide) groups is 1. The van der Waals surface area contributed by atoms with Crippen molar-refractivity contribution in [2.45, 2.75) is 71.0 Å². The number of allylic oxidation sites excluding steroid dienone is 2. The van der Waals surface area contributed by atoms with Gasteiger partial charge in [-0.15, -0.1) is 0 Å². The van der Waals surface area contributed by atoms with Gasteiger partial charge in [0.25, 0.3) is 0 Å². The van der Waals surface area contributed by atoms with Gasteiger partial charge in [0.15, 0.2) is 0 Å². The SMILES string of the molecule is CC=CCCCCCCC(C)SCCC.